The summed E-state index contributed by atoms with van der Waals surface area (Å²) in [6.07, 6.45) is 1.22. The molecular weight excluding hydrogens is 454 g/mol. The maximum absolute atomic E-state index is 12.0. The molecule has 11 nitrogen and oxygen atoms in total. The van der Waals surface area contributed by atoms with Crippen molar-refractivity contribution in [3.8, 4) is 5.88 Å². The first-order chi connectivity index (χ1) is 16.7. The average Bonchev–Trinajstić information content (AvgIpc) is 2.80. The van der Waals surface area contributed by atoms with Crippen LogP contribution in [0.25, 0.3) is 0 Å². The van der Waals surface area contributed by atoms with Crippen LogP contribution >= 0.6 is 0 Å². The van der Waals surface area contributed by atoms with E-state index in [9.17, 15) is 9.59 Å². The van der Waals surface area contributed by atoms with Crippen molar-refractivity contribution in [2.24, 2.45) is 0 Å². The fraction of sp³-hybridized carbons (Fsp3) is 0.500. The number of pyridine rings is 2. The number of anilines is 3. The zero-order valence-corrected chi connectivity index (χ0v) is 20.8. The van der Waals surface area contributed by atoms with Crippen molar-refractivity contribution in [2.75, 3.05) is 44.0 Å². The van der Waals surface area contributed by atoms with Crippen molar-refractivity contribution in [3.05, 3.63) is 35.7 Å². The third-order valence-electron chi connectivity index (χ3n) is 4.93. The lowest BCUT2D eigenvalue weighted by atomic mass is 9.98. The normalized spacial score (nSPS) is 14.9. The Labute approximate surface area is 204 Å². The molecule has 0 aromatic carbocycles. The fourth-order valence-corrected chi connectivity index (χ4v) is 3.45. The average molecular weight is 488 g/mol. The molecule has 35 heavy (non-hydrogen) atoms. The first-order valence-corrected chi connectivity index (χ1v) is 11.4. The van der Waals surface area contributed by atoms with E-state index in [0.29, 0.717) is 49.4 Å². The molecule has 1 aliphatic rings. The molecule has 0 aliphatic carbocycles. The zero-order chi connectivity index (χ0) is 25.4. The number of alkyl carbamates (subject to hydrolysis) is 1. The third kappa shape index (κ3) is 7.71. The van der Waals surface area contributed by atoms with E-state index in [-0.39, 0.29) is 18.4 Å². The van der Waals surface area contributed by atoms with Crippen molar-refractivity contribution >= 4 is 29.3 Å². The van der Waals surface area contributed by atoms with Gasteiger partial charge >= 0.3 is 12.1 Å². The highest BCUT2D eigenvalue weighted by molar-refractivity contribution is 5.78. The Morgan fingerprint density at radius 2 is 2.06 bits per heavy atom. The molecule has 1 amide bonds. The number of nitrogens with zero attached hydrogens (tertiary/aromatic N) is 2. The van der Waals surface area contributed by atoms with Crippen molar-refractivity contribution in [2.45, 2.75) is 45.8 Å². The number of amides is 1. The van der Waals surface area contributed by atoms with Gasteiger partial charge in [-0.15, -0.1) is 0 Å². The number of carbonyl (C=O) groups is 2. The fourth-order valence-electron chi connectivity index (χ4n) is 3.45. The molecule has 3 heterocycles. The minimum Gasteiger partial charge on any atom is -0.481 e. The highest BCUT2D eigenvalue weighted by Crippen LogP contribution is 2.30. The molecule has 190 valence electrons. The summed E-state index contributed by atoms with van der Waals surface area (Å²) in [5.74, 6) is 0.414. The first-order valence-electron chi connectivity index (χ1n) is 11.4. The summed E-state index contributed by atoms with van der Waals surface area (Å²) in [7, 11) is 1.53. The molecule has 1 aliphatic heterocycles. The molecule has 0 radical (unpaired) electrons. The molecule has 3 N–H and O–H groups in total. The van der Waals surface area contributed by atoms with Gasteiger partial charge in [0.1, 0.15) is 12.1 Å². The van der Waals surface area contributed by atoms with E-state index < -0.39 is 11.7 Å². The van der Waals surface area contributed by atoms with Crippen molar-refractivity contribution in [3.63, 3.8) is 0 Å². The minimum absolute atomic E-state index is 0.000858. The van der Waals surface area contributed by atoms with Gasteiger partial charge in [0.2, 0.25) is 5.88 Å². The van der Waals surface area contributed by atoms with Gasteiger partial charge in [-0.05, 0) is 39.8 Å². The highest BCUT2D eigenvalue weighted by atomic mass is 16.6. The molecular formula is C24H33N5O6. The first kappa shape index (κ1) is 26.0. The molecule has 1 unspecified atom stereocenters. The monoisotopic (exact) mass is 487 g/mol. The van der Waals surface area contributed by atoms with Crippen molar-refractivity contribution < 1.29 is 28.5 Å². The van der Waals surface area contributed by atoms with Crippen LogP contribution < -0.4 is 20.7 Å². The lowest BCUT2D eigenvalue weighted by molar-refractivity contribution is -0.140. The predicted molar refractivity (Wildman–Crippen MR) is 130 cm³/mol. The number of methoxy groups -OCH3 is 1. The second kappa shape index (κ2) is 11.7. The highest BCUT2D eigenvalue weighted by Gasteiger charge is 2.25. The molecule has 0 saturated heterocycles. The summed E-state index contributed by atoms with van der Waals surface area (Å²) < 4.78 is 21.3. The van der Waals surface area contributed by atoms with Crippen LogP contribution in [-0.4, -0.2) is 61.0 Å². The largest absolute Gasteiger partial charge is 0.481 e. The van der Waals surface area contributed by atoms with Crippen LogP contribution in [0.15, 0.2) is 24.4 Å². The van der Waals surface area contributed by atoms with E-state index in [1.807, 2.05) is 26.8 Å². The van der Waals surface area contributed by atoms with Crippen LogP contribution in [0, 0.1) is 0 Å². The molecule has 3 rings (SSSR count). The van der Waals surface area contributed by atoms with E-state index in [4.69, 9.17) is 18.9 Å². The van der Waals surface area contributed by atoms with Crippen molar-refractivity contribution in [1.29, 1.82) is 0 Å². The molecule has 0 spiro atoms. The Balaban J connectivity index is 1.72. The van der Waals surface area contributed by atoms with Crippen molar-refractivity contribution in [1.82, 2.24) is 15.3 Å². The Kier molecular flexibility index (Phi) is 8.69. The summed E-state index contributed by atoms with van der Waals surface area (Å²) >= 11 is 0. The Morgan fingerprint density at radius 3 is 2.77 bits per heavy atom. The van der Waals surface area contributed by atoms with Gasteiger partial charge in [-0.25, -0.2) is 4.79 Å². The van der Waals surface area contributed by atoms with Crippen LogP contribution in [0.2, 0.25) is 0 Å². The Morgan fingerprint density at radius 1 is 1.26 bits per heavy atom. The maximum Gasteiger partial charge on any atom is 0.407 e. The van der Waals surface area contributed by atoms with E-state index in [1.54, 1.807) is 25.3 Å². The second-order valence-corrected chi connectivity index (χ2v) is 8.90. The number of hydrogen-bond donors (Lipinski definition) is 3. The zero-order valence-electron chi connectivity index (χ0n) is 20.8. The van der Waals surface area contributed by atoms with Gasteiger partial charge in [-0.2, -0.15) is 4.98 Å². The van der Waals surface area contributed by atoms with E-state index in [2.05, 4.69) is 25.9 Å². The number of fused-ring (bicyclic) bond motifs is 1. The molecule has 0 bridgehead atoms. The number of aromatic nitrogens is 2. The number of ether oxygens (including phenoxy) is 4. The molecule has 1 atom stereocenters. The number of esters is 1. The number of rotatable bonds is 9. The van der Waals surface area contributed by atoms with E-state index in [1.165, 1.54) is 7.11 Å². The van der Waals surface area contributed by atoms with Gasteiger partial charge in [0, 0.05) is 24.1 Å². The number of hydrogen-bond acceptors (Lipinski definition) is 10. The van der Waals surface area contributed by atoms with E-state index >= 15 is 0 Å². The topological polar surface area (TPSA) is 133 Å². The lowest BCUT2D eigenvalue weighted by Crippen LogP contribution is -2.36. The summed E-state index contributed by atoms with van der Waals surface area (Å²) in [5, 5.41) is 9.05. The van der Waals surface area contributed by atoms with E-state index in [0.717, 1.165) is 11.3 Å². The molecule has 11 heteroatoms. The van der Waals surface area contributed by atoms with Gasteiger partial charge < -0.3 is 34.9 Å². The molecule has 2 aromatic rings. The molecule has 0 saturated carbocycles. The SMILES string of the molecule is CCOC(=O)CNc1ccc(OC)nc1Nc1cnc2c(c1)COCC2CNC(=O)OC(C)(C)C. The van der Waals surface area contributed by atoms with Gasteiger partial charge in [0.25, 0.3) is 0 Å². The van der Waals surface area contributed by atoms with Crippen LogP contribution in [-0.2, 0) is 25.6 Å². The van der Waals surface area contributed by atoms with Crippen LogP contribution in [0.3, 0.4) is 0 Å². The summed E-state index contributed by atoms with van der Waals surface area (Å²) in [6, 6.07) is 5.39. The number of carbonyl (C=O) groups excluding carboxylic acids is 2. The second-order valence-electron chi connectivity index (χ2n) is 8.90. The number of nitrogens with one attached hydrogen (secondary N) is 3. The predicted octanol–water partition coefficient (Wildman–Crippen LogP) is 3.34. The maximum atomic E-state index is 12.0. The standard InChI is InChI=1S/C24H33N5O6/c1-6-34-20(30)12-25-18-7-8-19(32-5)29-22(18)28-17-9-15-13-33-14-16(21(15)26-11-17)10-27-23(31)35-24(2,3)4/h7-9,11,16,25H,6,10,12-14H2,1-5H3,(H,27,31)(H,28,29). The van der Waals surface area contributed by atoms with Crippen LogP contribution in [0.1, 0.15) is 44.9 Å². The summed E-state index contributed by atoms with van der Waals surface area (Å²) in [6.45, 7) is 8.71. The summed E-state index contributed by atoms with van der Waals surface area (Å²) in [4.78, 5) is 32.9. The van der Waals surface area contributed by atoms with Crippen LogP contribution in [0.5, 0.6) is 5.88 Å². The van der Waals surface area contributed by atoms with Gasteiger partial charge in [0.15, 0.2) is 5.82 Å². The molecule has 0 fully saturated rings. The molecule has 2 aromatic heterocycles. The third-order valence-corrected chi connectivity index (χ3v) is 4.93. The Bertz CT molecular complexity index is 1040. The summed E-state index contributed by atoms with van der Waals surface area (Å²) in [5.41, 5.74) is 2.49. The lowest BCUT2D eigenvalue weighted by Gasteiger charge is -2.26. The van der Waals surface area contributed by atoms with Gasteiger partial charge in [0.05, 0.1) is 50.2 Å². The van der Waals surface area contributed by atoms with Gasteiger partial charge in [-0.1, -0.05) is 0 Å². The minimum atomic E-state index is -0.567. The smallest absolute Gasteiger partial charge is 0.407 e. The Hall–Kier alpha value is -3.60. The van der Waals surface area contributed by atoms with Gasteiger partial charge in [-0.3, -0.25) is 9.78 Å². The van der Waals surface area contributed by atoms with Crippen LogP contribution in [0.4, 0.5) is 22.0 Å². The quantitative estimate of drug-likeness (QED) is 0.452.